The first kappa shape index (κ1) is 13.9. The van der Waals surface area contributed by atoms with Gasteiger partial charge in [-0.2, -0.15) is 0 Å². The van der Waals surface area contributed by atoms with Gasteiger partial charge in [0.1, 0.15) is 0 Å². The molecule has 0 bridgehead atoms. The Labute approximate surface area is 126 Å². The fourth-order valence-corrected chi connectivity index (χ4v) is 3.65. The average molecular weight is 279 g/mol. The fraction of sp³-hybridized carbons (Fsp3) is 0.316. The minimum atomic E-state index is -0.148. The highest BCUT2D eigenvalue weighted by Gasteiger charge is 2.39. The lowest BCUT2D eigenvalue weighted by molar-refractivity contribution is -0.123. The summed E-state index contributed by atoms with van der Waals surface area (Å²) in [6.07, 6.45) is 3.71. The summed E-state index contributed by atoms with van der Waals surface area (Å²) in [5.74, 6) is -0.115. The lowest BCUT2D eigenvalue weighted by Crippen LogP contribution is -2.37. The van der Waals surface area contributed by atoms with Crippen LogP contribution in [-0.2, 0) is 10.2 Å². The van der Waals surface area contributed by atoms with E-state index >= 15 is 0 Å². The Morgan fingerprint density at radius 2 is 1.29 bits per heavy atom. The van der Waals surface area contributed by atoms with Crippen LogP contribution in [0.25, 0.3) is 0 Å². The standard InChI is InChI=1S/C19H21NO/c20-18(21)15-11-13-19(14-12-15,16-7-3-1-4-8-16)17-9-5-2-6-10-17/h1-10,15H,11-14H2,(H2,20,21). The topological polar surface area (TPSA) is 43.1 Å². The molecule has 1 saturated carbocycles. The third-order valence-corrected chi connectivity index (χ3v) is 4.89. The van der Waals surface area contributed by atoms with Crippen LogP contribution in [0.5, 0.6) is 0 Å². The van der Waals surface area contributed by atoms with Crippen molar-refractivity contribution in [2.75, 3.05) is 0 Å². The summed E-state index contributed by atoms with van der Waals surface area (Å²) >= 11 is 0. The number of amides is 1. The molecule has 0 aliphatic heterocycles. The SMILES string of the molecule is NC(=O)C1CCC(c2ccccc2)(c2ccccc2)CC1. The highest BCUT2D eigenvalue weighted by Crippen LogP contribution is 2.46. The van der Waals surface area contributed by atoms with Crippen molar-refractivity contribution >= 4 is 5.91 Å². The molecule has 108 valence electrons. The van der Waals surface area contributed by atoms with Crippen molar-refractivity contribution in [2.45, 2.75) is 31.1 Å². The van der Waals surface area contributed by atoms with Crippen LogP contribution in [0.2, 0.25) is 0 Å². The number of carbonyl (C=O) groups excluding carboxylic acids is 1. The third kappa shape index (κ3) is 2.58. The lowest BCUT2D eigenvalue weighted by Gasteiger charge is -2.40. The molecule has 2 heteroatoms. The van der Waals surface area contributed by atoms with Crippen molar-refractivity contribution in [3.05, 3.63) is 71.8 Å². The molecule has 0 radical (unpaired) electrons. The first-order chi connectivity index (χ1) is 10.2. The molecule has 0 unspecified atom stereocenters. The molecule has 1 amide bonds. The van der Waals surface area contributed by atoms with Crippen molar-refractivity contribution in [1.29, 1.82) is 0 Å². The molecule has 0 aromatic heterocycles. The second kappa shape index (κ2) is 5.72. The summed E-state index contributed by atoms with van der Waals surface area (Å²) in [4.78, 5) is 11.5. The zero-order valence-electron chi connectivity index (χ0n) is 12.2. The molecular weight excluding hydrogens is 258 g/mol. The summed E-state index contributed by atoms with van der Waals surface area (Å²) in [6.45, 7) is 0. The van der Waals surface area contributed by atoms with Crippen molar-refractivity contribution in [2.24, 2.45) is 11.7 Å². The second-order valence-corrected chi connectivity index (χ2v) is 5.99. The zero-order valence-corrected chi connectivity index (χ0v) is 12.2. The molecule has 0 atom stereocenters. The number of primary amides is 1. The van der Waals surface area contributed by atoms with Crippen molar-refractivity contribution in [3.63, 3.8) is 0 Å². The Bertz CT molecular complexity index is 556. The van der Waals surface area contributed by atoms with Gasteiger partial charge in [0.05, 0.1) is 0 Å². The maximum atomic E-state index is 11.5. The highest BCUT2D eigenvalue weighted by atomic mass is 16.1. The van der Waals surface area contributed by atoms with Crippen LogP contribution < -0.4 is 5.73 Å². The van der Waals surface area contributed by atoms with Gasteiger partial charge in [-0.25, -0.2) is 0 Å². The number of hydrogen-bond donors (Lipinski definition) is 1. The largest absolute Gasteiger partial charge is 0.369 e. The quantitative estimate of drug-likeness (QED) is 0.915. The van der Waals surface area contributed by atoms with E-state index in [1.807, 2.05) is 0 Å². The fourth-order valence-electron chi connectivity index (χ4n) is 3.65. The van der Waals surface area contributed by atoms with Gasteiger partial charge >= 0.3 is 0 Å². The summed E-state index contributed by atoms with van der Waals surface area (Å²) in [5, 5.41) is 0. The van der Waals surface area contributed by atoms with Crippen LogP contribution in [-0.4, -0.2) is 5.91 Å². The lowest BCUT2D eigenvalue weighted by atomic mass is 9.63. The summed E-state index contributed by atoms with van der Waals surface area (Å²) in [5.41, 5.74) is 8.21. The molecule has 2 aromatic carbocycles. The number of benzene rings is 2. The van der Waals surface area contributed by atoms with E-state index in [9.17, 15) is 4.79 Å². The molecule has 1 aliphatic carbocycles. The minimum Gasteiger partial charge on any atom is -0.369 e. The summed E-state index contributed by atoms with van der Waals surface area (Å²) in [6, 6.07) is 21.3. The number of hydrogen-bond acceptors (Lipinski definition) is 1. The summed E-state index contributed by atoms with van der Waals surface area (Å²) in [7, 11) is 0. The van der Waals surface area contributed by atoms with Crippen LogP contribution in [0.4, 0.5) is 0 Å². The second-order valence-electron chi connectivity index (χ2n) is 5.99. The molecule has 0 heterocycles. The Morgan fingerprint density at radius 3 is 1.67 bits per heavy atom. The van der Waals surface area contributed by atoms with Gasteiger partial charge in [0.2, 0.25) is 5.91 Å². The van der Waals surface area contributed by atoms with E-state index in [1.54, 1.807) is 0 Å². The van der Waals surface area contributed by atoms with E-state index < -0.39 is 0 Å². The first-order valence-electron chi connectivity index (χ1n) is 7.63. The van der Waals surface area contributed by atoms with Gasteiger partial charge in [-0.3, -0.25) is 4.79 Å². The maximum Gasteiger partial charge on any atom is 0.220 e. The molecule has 0 spiro atoms. The predicted molar refractivity (Wildman–Crippen MR) is 84.8 cm³/mol. The molecule has 3 rings (SSSR count). The van der Waals surface area contributed by atoms with Crippen molar-refractivity contribution < 1.29 is 4.79 Å². The molecule has 2 aromatic rings. The molecule has 2 N–H and O–H groups in total. The van der Waals surface area contributed by atoms with E-state index in [4.69, 9.17) is 5.73 Å². The van der Waals surface area contributed by atoms with E-state index in [-0.39, 0.29) is 17.2 Å². The number of nitrogens with two attached hydrogens (primary N) is 1. The predicted octanol–water partition coefficient (Wildman–Crippen LogP) is 3.65. The smallest absolute Gasteiger partial charge is 0.220 e. The molecule has 0 saturated heterocycles. The van der Waals surface area contributed by atoms with Gasteiger partial charge in [-0.1, -0.05) is 60.7 Å². The van der Waals surface area contributed by atoms with Crippen LogP contribution >= 0.6 is 0 Å². The van der Waals surface area contributed by atoms with E-state index in [1.165, 1.54) is 11.1 Å². The van der Waals surface area contributed by atoms with Crippen LogP contribution in [0.15, 0.2) is 60.7 Å². The third-order valence-electron chi connectivity index (χ3n) is 4.89. The average Bonchev–Trinajstić information content (AvgIpc) is 2.56. The van der Waals surface area contributed by atoms with Gasteiger partial charge in [-0.15, -0.1) is 0 Å². The van der Waals surface area contributed by atoms with Crippen molar-refractivity contribution in [1.82, 2.24) is 0 Å². The van der Waals surface area contributed by atoms with Crippen molar-refractivity contribution in [3.8, 4) is 0 Å². The summed E-state index contributed by atoms with van der Waals surface area (Å²) < 4.78 is 0. The number of carbonyl (C=O) groups is 1. The number of rotatable bonds is 3. The van der Waals surface area contributed by atoms with Gasteiger partial charge in [-0.05, 0) is 36.8 Å². The first-order valence-corrected chi connectivity index (χ1v) is 7.63. The zero-order chi connectivity index (χ0) is 14.7. The van der Waals surface area contributed by atoms with E-state index in [0.29, 0.717) is 0 Å². The Morgan fingerprint density at radius 1 is 0.857 bits per heavy atom. The minimum absolute atomic E-state index is 0.0223. The molecule has 1 aliphatic rings. The maximum absolute atomic E-state index is 11.5. The van der Waals surface area contributed by atoms with Gasteiger partial charge < -0.3 is 5.73 Å². The van der Waals surface area contributed by atoms with E-state index in [2.05, 4.69) is 60.7 Å². The Hall–Kier alpha value is -2.09. The van der Waals surface area contributed by atoms with Gasteiger partial charge in [0, 0.05) is 11.3 Å². The molecule has 21 heavy (non-hydrogen) atoms. The Balaban J connectivity index is 2.00. The molecular formula is C19H21NO. The van der Waals surface area contributed by atoms with Crippen LogP contribution in [0, 0.1) is 5.92 Å². The van der Waals surface area contributed by atoms with Crippen LogP contribution in [0.3, 0.4) is 0 Å². The van der Waals surface area contributed by atoms with Gasteiger partial charge in [0.25, 0.3) is 0 Å². The monoisotopic (exact) mass is 279 g/mol. The normalized spacial score (nSPS) is 18.3. The highest BCUT2D eigenvalue weighted by molar-refractivity contribution is 5.76. The van der Waals surface area contributed by atoms with Crippen LogP contribution in [0.1, 0.15) is 36.8 Å². The van der Waals surface area contributed by atoms with E-state index in [0.717, 1.165) is 25.7 Å². The molecule has 1 fully saturated rings. The Kier molecular flexibility index (Phi) is 3.78. The molecule has 2 nitrogen and oxygen atoms in total. The van der Waals surface area contributed by atoms with Gasteiger partial charge in [0.15, 0.2) is 0 Å².